The Hall–Kier alpha value is -1.65. The first kappa shape index (κ1) is 9.44. The van der Waals surface area contributed by atoms with Crippen LogP contribution in [0.2, 0.25) is 0 Å². The third-order valence-corrected chi connectivity index (χ3v) is 1.60. The number of nitro groups is 1. The van der Waals surface area contributed by atoms with Gasteiger partial charge in [-0.15, -0.1) is 0 Å². The lowest BCUT2D eigenvalue weighted by Gasteiger charge is -2.03. The number of ether oxygens (including phenoxy) is 1. The lowest BCUT2D eigenvalue weighted by Crippen LogP contribution is -2.06. The fourth-order valence-corrected chi connectivity index (χ4v) is 0.994. The van der Waals surface area contributed by atoms with Crippen LogP contribution < -0.4 is 4.74 Å². The van der Waals surface area contributed by atoms with E-state index in [1.54, 1.807) is 18.3 Å². The van der Waals surface area contributed by atoms with Crippen molar-refractivity contribution in [1.29, 1.82) is 0 Å². The lowest BCUT2D eigenvalue weighted by atomic mass is 10.2. The van der Waals surface area contributed by atoms with Crippen molar-refractivity contribution in [3.63, 3.8) is 0 Å². The van der Waals surface area contributed by atoms with Gasteiger partial charge in [-0.05, 0) is 12.1 Å². The second-order valence-electron chi connectivity index (χ2n) is 2.46. The van der Waals surface area contributed by atoms with Gasteiger partial charge in [0.05, 0.1) is 19.2 Å². The van der Waals surface area contributed by atoms with E-state index in [1.165, 1.54) is 7.11 Å². The standard InChI is InChI=1S/C8H10N2O3/c1-13-8-3-2-5-9-7(8)4-6-10(11)12/h2-3,5H,4,6H2,1H3. The van der Waals surface area contributed by atoms with Gasteiger partial charge >= 0.3 is 0 Å². The van der Waals surface area contributed by atoms with Gasteiger partial charge in [-0.2, -0.15) is 0 Å². The zero-order valence-electron chi connectivity index (χ0n) is 7.27. The number of hydrogen-bond acceptors (Lipinski definition) is 4. The van der Waals surface area contributed by atoms with E-state index in [0.717, 1.165) is 0 Å². The van der Waals surface area contributed by atoms with Crippen molar-refractivity contribution >= 4 is 0 Å². The molecular formula is C8H10N2O3. The Kier molecular flexibility index (Phi) is 3.19. The third kappa shape index (κ3) is 2.70. The summed E-state index contributed by atoms with van der Waals surface area (Å²) in [7, 11) is 1.52. The second kappa shape index (κ2) is 4.39. The molecule has 0 unspecified atom stereocenters. The Bertz CT molecular complexity index is 301. The minimum atomic E-state index is -0.367. The first-order valence-corrected chi connectivity index (χ1v) is 3.83. The molecule has 0 N–H and O–H groups in total. The second-order valence-corrected chi connectivity index (χ2v) is 2.46. The predicted octanol–water partition coefficient (Wildman–Crippen LogP) is 0.909. The highest BCUT2D eigenvalue weighted by Crippen LogP contribution is 2.14. The molecule has 70 valence electrons. The van der Waals surface area contributed by atoms with Crippen LogP contribution in [0.15, 0.2) is 18.3 Å². The average Bonchev–Trinajstić information content (AvgIpc) is 2.15. The molecule has 0 bridgehead atoms. The van der Waals surface area contributed by atoms with Crippen LogP contribution in [0.5, 0.6) is 5.75 Å². The van der Waals surface area contributed by atoms with Crippen LogP contribution in [0, 0.1) is 10.1 Å². The summed E-state index contributed by atoms with van der Waals surface area (Å²) in [5, 5.41) is 10.1. The Morgan fingerprint density at radius 3 is 3.08 bits per heavy atom. The van der Waals surface area contributed by atoms with E-state index in [1.807, 2.05) is 0 Å². The van der Waals surface area contributed by atoms with Crippen molar-refractivity contribution < 1.29 is 9.66 Å². The molecule has 1 heterocycles. The maximum absolute atomic E-state index is 10.1. The first-order chi connectivity index (χ1) is 6.24. The fraction of sp³-hybridized carbons (Fsp3) is 0.375. The third-order valence-electron chi connectivity index (χ3n) is 1.60. The molecule has 1 rings (SSSR count). The predicted molar refractivity (Wildman–Crippen MR) is 46.4 cm³/mol. The molecular weight excluding hydrogens is 172 g/mol. The van der Waals surface area contributed by atoms with Crippen molar-refractivity contribution in [2.75, 3.05) is 13.7 Å². The van der Waals surface area contributed by atoms with Crippen molar-refractivity contribution in [2.45, 2.75) is 6.42 Å². The van der Waals surface area contributed by atoms with Gasteiger partial charge in [-0.3, -0.25) is 15.1 Å². The molecule has 1 aromatic rings. The molecule has 0 atom stereocenters. The van der Waals surface area contributed by atoms with Crippen molar-refractivity contribution in [1.82, 2.24) is 4.98 Å². The molecule has 0 aliphatic heterocycles. The smallest absolute Gasteiger partial charge is 0.209 e. The summed E-state index contributed by atoms with van der Waals surface area (Å²) in [6.07, 6.45) is 1.90. The molecule has 0 radical (unpaired) electrons. The van der Waals surface area contributed by atoms with Crippen LogP contribution in [0.1, 0.15) is 5.69 Å². The van der Waals surface area contributed by atoms with Gasteiger partial charge < -0.3 is 4.74 Å². The highest BCUT2D eigenvalue weighted by atomic mass is 16.6. The summed E-state index contributed by atoms with van der Waals surface area (Å²) < 4.78 is 4.99. The van der Waals surface area contributed by atoms with Crippen LogP contribution in [0.25, 0.3) is 0 Å². The van der Waals surface area contributed by atoms with Gasteiger partial charge in [0.2, 0.25) is 6.54 Å². The minimum Gasteiger partial charge on any atom is -0.495 e. The lowest BCUT2D eigenvalue weighted by molar-refractivity contribution is -0.479. The average molecular weight is 182 g/mol. The Morgan fingerprint density at radius 2 is 2.46 bits per heavy atom. The Morgan fingerprint density at radius 1 is 1.69 bits per heavy atom. The van der Waals surface area contributed by atoms with Gasteiger partial charge in [0.15, 0.2) is 0 Å². The van der Waals surface area contributed by atoms with E-state index >= 15 is 0 Å². The summed E-state index contributed by atoms with van der Waals surface area (Å²) in [5.41, 5.74) is 0.627. The molecule has 13 heavy (non-hydrogen) atoms. The molecule has 0 aliphatic carbocycles. The van der Waals surface area contributed by atoms with Gasteiger partial charge in [0.1, 0.15) is 5.75 Å². The Balaban J connectivity index is 2.69. The van der Waals surface area contributed by atoms with Gasteiger partial charge in [0, 0.05) is 11.1 Å². The van der Waals surface area contributed by atoms with Crippen LogP contribution >= 0.6 is 0 Å². The topological polar surface area (TPSA) is 65.3 Å². The molecule has 5 heteroatoms. The van der Waals surface area contributed by atoms with Gasteiger partial charge in [0.25, 0.3) is 0 Å². The zero-order valence-corrected chi connectivity index (χ0v) is 7.27. The molecule has 1 aromatic heterocycles. The van der Waals surface area contributed by atoms with Crippen LogP contribution in [0.4, 0.5) is 0 Å². The van der Waals surface area contributed by atoms with E-state index in [4.69, 9.17) is 4.74 Å². The van der Waals surface area contributed by atoms with E-state index in [0.29, 0.717) is 17.9 Å². The minimum absolute atomic E-state index is 0.118. The molecule has 0 saturated heterocycles. The summed E-state index contributed by atoms with van der Waals surface area (Å²) in [4.78, 5) is 13.7. The zero-order chi connectivity index (χ0) is 9.68. The quantitative estimate of drug-likeness (QED) is 0.512. The maximum Gasteiger partial charge on any atom is 0.209 e. The number of rotatable bonds is 4. The largest absolute Gasteiger partial charge is 0.495 e. The van der Waals surface area contributed by atoms with Gasteiger partial charge in [-0.25, -0.2) is 0 Å². The van der Waals surface area contributed by atoms with E-state index in [2.05, 4.69) is 4.98 Å². The SMILES string of the molecule is COc1cccnc1CC[N+](=O)[O-]. The van der Waals surface area contributed by atoms with Crippen LogP contribution in [-0.2, 0) is 6.42 Å². The molecule has 0 saturated carbocycles. The number of methoxy groups -OCH3 is 1. The van der Waals surface area contributed by atoms with Crippen LogP contribution in [0.3, 0.4) is 0 Å². The maximum atomic E-state index is 10.1. The highest BCUT2D eigenvalue weighted by molar-refractivity contribution is 5.26. The van der Waals surface area contributed by atoms with E-state index in [-0.39, 0.29) is 11.5 Å². The number of nitrogens with zero attached hydrogens (tertiary/aromatic N) is 2. The summed E-state index contributed by atoms with van der Waals surface area (Å²) in [5.74, 6) is 0.601. The summed E-state index contributed by atoms with van der Waals surface area (Å²) in [6.45, 7) is -0.118. The summed E-state index contributed by atoms with van der Waals surface area (Å²) >= 11 is 0. The molecule has 0 spiro atoms. The summed E-state index contributed by atoms with van der Waals surface area (Å²) in [6, 6.07) is 3.47. The molecule has 0 amide bonds. The Labute approximate surface area is 75.5 Å². The fourth-order valence-electron chi connectivity index (χ4n) is 0.994. The van der Waals surface area contributed by atoms with Crippen molar-refractivity contribution in [2.24, 2.45) is 0 Å². The van der Waals surface area contributed by atoms with Crippen LogP contribution in [-0.4, -0.2) is 23.6 Å². The number of aromatic nitrogens is 1. The molecule has 5 nitrogen and oxygen atoms in total. The van der Waals surface area contributed by atoms with E-state index in [9.17, 15) is 10.1 Å². The normalized spacial score (nSPS) is 9.62. The number of hydrogen-bond donors (Lipinski definition) is 0. The van der Waals surface area contributed by atoms with E-state index < -0.39 is 0 Å². The molecule has 0 fully saturated rings. The highest BCUT2D eigenvalue weighted by Gasteiger charge is 2.06. The monoisotopic (exact) mass is 182 g/mol. The molecule has 0 aromatic carbocycles. The first-order valence-electron chi connectivity index (χ1n) is 3.83. The molecule has 0 aliphatic rings. The van der Waals surface area contributed by atoms with Crippen molar-refractivity contribution in [3.05, 3.63) is 34.1 Å². The number of pyridine rings is 1. The van der Waals surface area contributed by atoms with Crippen molar-refractivity contribution in [3.8, 4) is 5.75 Å². The van der Waals surface area contributed by atoms with Gasteiger partial charge in [-0.1, -0.05) is 0 Å².